The van der Waals surface area contributed by atoms with E-state index >= 15 is 0 Å². The van der Waals surface area contributed by atoms with Gasteiger partial charge in [0.15, 0.2) is 0 Å². The van der Waals surface area contributed by atoms with Crippen LogP contribution < -0.4 is 10.6 Å². The number of hydrogen-bond donors (Lipinski definition) is 3. The number of carbonyl (C=O) groups is 2. The van der Waals surface area contributed by atoms with E-state index < -0.39 is 0 Å². The number of carbonyl (C=O) groups excluding carboxylic acids is 2. The first-order valence-corrected chi connectivity index (χ1v) is 6.50. The minimum atomic E-state index is -0.350. The number of H-pyrrole nitrogens is 1. The molecule has 1 aromatic heterocycles. The van der Waals surface area contributed by atoms with Crippen molar-refractivity contribution in [3.05, 3.63) is 23.0 Å². The summed E-state index contributed by atoms with van der Waals surface area (Å²) in [7, 11) is 0. The van der Waals surface area contributed by atoms with E-state index in [1.807, 2.05) is 6.92 Å². The fraction of sp³-hybridized carbons (Fsp3) is 0.462. The molecule has 0 aromatic carbocycles. The molecule has 6 nitrogen and oxygen atoms in total. The third-order valence-corrected chi connectivity index (χ3v) is 3.73. The summed E-state index contributed by atoms with van der Waals surface area (Å²) in [5.74, 6) is -0.341. The third kappa shape index (κ3) is 2.08. The minimum absolute atomic E-state index is 0.329. The number of aromatic amines is 1. The number of rotatable bonds is 2. The molecule has 0 aliphatic carbocycles. The lowest BCUT2D eigenvalue weighted by atomic mass is 9.89. The summed E-state index contributed by atoms with van der Waals surface area (Å²) in [5, 5.41) is 12.9. The molecular weight excluding hydrogens is 244 g/mol. The molecular formula is C13H16N4O2. The highest BCUT2D eigenvalue weighted by molar-refractivity contribution is 6.33. The molecule has 6 heteroatoms. The molecule has 1 aromatic rings. The molecule has 3 heterocycles. The number of amides is 2. The van der Waals surface area contributed by atoms with Crippen LogP contribution in [0.5, 0.6) is 0 Å². The highest BCUT2D eigenvalue weighted by Crippen LogP contribution is 2.32. The van der Waals surface area contributed by atoms with Crippen LogP contribution in [0.25, 0.3) is 5.57 Å². The van der Waals surface area contributed by atoms with Gasteiger partial charge in [-0.05, 0) is 32.9 Å². The van der Waals surface area contributed by atoms with Gasteiger partial charge in [0.1, 0.15) is 0 Å². The molecule has 0 spiro atoms. The second kappa shape index (κ2) is 4.62. The van der Waals surface area contributed by atoms with Gasteiger partial charge in [-0.15, -0.1) is 0 Å². The van der Waals surface area contributed by atoms with Crippen molar-refractivity contribution >= 4 is 17.4 Å². The summed E-state index contributed by atoms with van der Waals surface area (Å²) >= 11 is 0. The SMILES string of the molecule is Cc1[nH]nc(C2CCNCC2)c1C1=CC(=O)NC1=O. The van der Waals surface area contributed by atoms with E-state index in [-0.39, 0.29) is 11.8 Å². The van der Waals surface area contributed by atoms with Gasteiger partial charge in [-0.3, -0.25) is 20.0 Å². The van der Waals surface area contributed by atoms with Gasteiger partial charge in [-0.1, -0.05) is 0 Å². The fourth-order valence-electron chi connectivity index (χ4n) is 2.78. The van der Waals surface area contributed by atoms with Gasteiger partial charge < -0.3 is 5.32 Å². The molecule has 1 fully saturated rings. The van der Waals surface area contributed by atoms with Gasteiger partial charge in [0.2, 0.25) is 0 Å². The molecule has 0 atom stereocenters. The summed E-state index contributed by atoms with van der Waals surface area (Å²) in [6.45, 7) is 3.80. The predicted molar refractivity (Wildman–Crippen MR) is 69.3 cm³/mol. The second-order valence-electron chi connectivity index (χ2n) is 5.01. The number of nitrogens with one attached hydrogen (secondary N) is 3. The lowest BCUT2D eigenvalue weighted by Gasteiger charge is -2.22. The van der Waals surface area contributed by atoms with Crippen molar-refractivity contribution in [3.8, 4) is 0 Å². The van der Waals surface area contributed by atoms with Crippen LogP contribution in [0, 0.1) is 6.92 Å². The number of hydrogen-bond acceptors (Lipinski definition) is 4. The Hall–Kier alpha value is -1.95. The topological polar surface area (TPSA) is 86.9 Å². The lowest BCUT2D eigenvalue weighted by molar-refractivity contribution is -0.123. The number of piperidine rings is 1. The van der Waals surface area contributed by atoms with Crippen LogP contribution in [0.4, 0.5) is 0 Å². The van der Waals surface area contributed by atoms with E-state index in [2.05, 4.69) is 20.8 Å². The molecule has 1 saturated heterocycles. The molecule has 2 aliphatic heterocycles. The van der Waals surface area contributed by atoms with E-state index in [4.69, 9.17) is 0 Å². The Kier molecular flexibility index (Phi) is 2.94. The van der Waals surface area contributed by atoms with E-state index in [0.717, 1.165) is 42.9 Å². The van der Waals surface area contributed by atoms with Crippen molar-refractivity contribution < 1.29 is 9.59 Å². The van der Waals surface area contributed by atoms with E-state index in [1.54, 1.807) is 0 Å². The Morgan fingerprint density at radius 1 is 1.26 bits per heavy atom. The molecule has 0 bridgehead atoms. The largest absolute Gasteiger partial charge is 0.317 e. The van der Waals surface area contributed by atoms with Crippen LogP contribution in [0.1, 0.15) is 35.7 Å². The quantitative estimate of drug-likeness (QED) is 0.664. The number of aromatic nitrogens is 2. The molecule has 3 rings (SSSR count). The van der Waals surface area contributed by atoms with Gasteiger partial charge >= 0.3 is 0 Å². The Morgan fingerprint density at radius 2 is 2.00 bits per heavy atom. The van der Waals surface area contributed by atoms with Gasteiger partial charge in [-0.25, -0.2) is 0 Å². The van der Waals surface area contributed by atoms with E-state index in [0.29, 0.717) is 11.5 Å². The van der Waals surface area contributed by atoms with Crippen molar-refractivity contribution in [2.24, 2.45) is 0 Å². The summed E-state index contributed by atoms with van der Waals surface area (Å²) in [6.07, 6.45) is 3.37. The van der Waals surface area contributed by atoms with Gasteiger partial charge in [0.05, 0.1) is 11.3 Å². The standard InChI is InChI=1S/C13H16N4O2/c1-7-11(9-6-10(18)15-13(9)19)12(17-16-7)8-2-4-14-5-3-8/h6,8,14H,2-5H2,1H3,(H,16,17)(H,15,18,19). The summed E-state index contributed by atoms with van der Waals surface area (Å²) in [4.78, 5) is 23.1. The monoisotopic (exact) mass is 260 g/mol. The molecule has 0 saturated carbocycles. The Labute approximate surface area is 110 Å². The van der Waals surface area contributed by atoms with Crippen molar-refractivity contribution in [3.63, 3.8) is 0 Å². The minimum Gasteiger partial charge on any atom is -0.317 e. The van der Waals surface area contributed by atoms with Crippen molar-refractivity contribution in [2.75, 3.05) is 13.1 Å². The molecule has 0 radical (unpaired) electrons. The van der Waals surface area contributed by atoms with Gasteiger partial charge in [0.25, 0.3) is 11.8 Å². The van der Waals surface area contributed by atoms with E-state index in [9.17, 15) is 9.59 Å². The van der Waals surface area contributed by atoms with E-state index in [1.165, 1.54) is 6.08 Å². The predicted octanol–water partition coefficient (Wildman–Crippen LogP) is 0.225. The maximum Gasteiger partial charge on any atom is 0.259 e. The zero-order valence-corrected chi connectivity index (χ0v) is 10.7. The lowest BCUT2D eigenvalue weighted by Crippen LogP contribution is -2.27. The van der Waals surface area contributed by atoms with Crippen LogP contribution in [-0.2, 0) is 9.59 Å². The van der Waals surface area contributed by atoms with Crippen LogP contribution >= 0.6 is 0 Å². The summed E-state index contributed by atoms with van der Waals surface area (Å²) in [5.41, 5.74) is 2.99. The second-order valence-corrected chi connectivity index (χ2v) is 5.01. The first-order chi connectivity index (χ1) is 9.16. The van der Waals surface area contributed by atoms with Crippen LogP contribution in [-0.4, -0.2) is 35.1 Å². The smallest absolute Gasteiger partial charge is 0.259 e. The average Bonchev–Trinajstić information content (AvgIpc) is 2.93. The molecule has 0 unspecified atom stereocenters. The van der Waals surface area contributed by atoms with Crippen molar-refractivity contribution in [1.82, 2.24) is 20.8 Å². The fourth-order valence-corrected chi connectivity index (χ4v) is 2.78. The maximum atomic E-state index is 11.8. The van der Waals surface area contributed by atoms with Gasteiger partial charge in [-0.2, -0.15) is 5.10 Å². The zero-order valence-electron chi connectivity index (χ0n) is 10.7. The third-order valence-electron chi connectivity index (χ3n) is 3.73. The first-order valence-electron chi connectivity index (χ1n) is 6.50. The molecule has 2 aliphatic rings. The number of aryl methyl sites for hydroxylation is 1. The average molecular weight is 260 g/mol. The Balaban J connectivity index is 2.01. The number of imide groups is 1. The maximum absolute atomic E-state index is 11.8. The summed E-state index contributed by atoms with van der Waals surface area (Å²) in [6, 6.07) is 0. The first kappa shape index (κ1) is 12.1. The highest BCUT2D eigenvalue weighted by atomic mass is 16.2. The van der Waals surface area contributed by atoms with Crippen LogP contribution in [0.15, 0.2) is 6.08 Å². The summed E-state index contributed by atoms with van der Waals surface area (Å²) < 4.78 is 0. The number of nitrogens with zero attached hydrogens (tertiary/aromatic N) is 1. The van der Waals surface area contributed by atoms with Crippen molar-refractivity contribution in [1.29, 1.82) is 0 Å². The Bertz CT molecular complexity index is 567. The van der Waals surface area contributed by atoms with Gasteiger partial charge in [0, 0.05) is 23.3 Å². The molecule has 2 amide bonds. The molecule has 3 N–H and O–H groups in total. The highest BCUT2D eigenvalue weighted by Gasteiger charge is 2.30. The Morgan fingerprint density at radius 3 is 2.63 bits per heavy atom. The van der Waals surface area contributed by atoms with Crippen LogP contribution in [0.3, 0.4) is 0 Å². The molecule has 100 valence electrons. The van der Waals surface area contributed by atoms with Crippen LogP contribution in [0.2, 0.25) is 0 Å². The molecule has 19 heavy (non-hydrogen) atoms. The van der Waals surface area contributed by atoms with Crippen molar-refractivity contribution in [2.45, 2.75) is 25.7 Å². The zero-order chi connectivity index (χ0) is 13.4. The normalized spacial score (nSPS) is 20.6.